The zero-order valence-corrected chi connectivity index (χ0v) is 13.5. The van der Waals surface area contributed by atoms with Crippen LogP contribution in [0.15, 0.2) is 22.0 Å². The lowest BCUT2D eigenvalue weighted by Gasteiger charge is -2.08. The predicted molar refractivity (Wildman–Crippen MR) is 81.1 cm³/mol. The molecule has 0 fully saturated rings. The normalized spacial score (nSPS) is 10.6. The number of rotatable bonds is 2. The number of amides is 1. The maximum Gasteiger partial charge on any atom is 0.265 e. The van der Waals surface area contributed by atoms with Crippen molar-refractivity contribution in [2.24, 2.45) is 0 Å². The van der Waals surface area contributed by atoms with Gasteiger partial charge in [-0.1, -0.05) is 23.2 Å². The molecule has 2 nitrogen and oxygen atoms in total. The number of carbonyl (C=O) groups excluding carboxylic acids is 1. The molecule has 0 aliphatic rings. The van der Waals surface area contributed by atoms with Crippen LogP contribution >= 0.6 is 50.5 Å². The summed E-state index contributed by atoms with van der Waals surface area (Å²) in [6.45, 7) is 1.88. The molecule has 2 rings (SSSR count). The Labute approximate surface area is 131 Å². The number of aryl methyl sites for hydroxylation is 1. The smallest absolute Gasteiger partial charge is 0.265 e. The summed E-state index contributed by atoms with van der Waals surface area (Å²) in [7, 11) is 0. The van der Waals surface area contributed by atoms with Crippen LogP contribution in [0.2, 0.25) is 10.0 Å². The molecule has 7 heteroatoms. The van der Waals surface area contributed by atoms with Gasteiger partial charge in [-0.2, -0.15) is 0 Å². The first-order chi connectivity index (χ1) is 8.88. The summed E-state index contributed by atoms with van der Waals surface area (Å²) >= 11 is 16.4. The molecule has 0 saturated heterocycles. The summed E-state index contributed by atoms with van der Waals surface area (Å²) < 4.78 is 13.9. The second-order valence-electron chi connectivity index (χ2n) is 3.77. The summed E-state index contributed by atoms with van der Waals surface area (Å²) in [4.78, 5) is 12.6. The van der Waals surface area contributed by atoms with E-state index in [0.29, 0.717) is 4.88 Å². The number of thiophene rings is 1. The first-order valence-electron chi connectivity index (χ1n) is 5.10. The van der Waals surface area contributed by atoms with Gasteiger partial charge in [-0.05, 0) is 46.6 Å². The van der Waals surface area contributed by atoms with Crippen molar-refractivity contribution in [1.82, 2.24) is 0 Å². The number of halogens is 4. The fourth-order valence-electron chi connectivity index (χ4n) is 1.41. The van der Waals surface area contributed by atoms with Crippen LogP contribution in [-0.4, -0.2) is 5.91 Å². The van der Waals surface area contributed by atoms with Gasteiger partial charge in [-0.3, -0.25) is 4.79 Å². The van der Waals surface area contributed by atoms with Crippen LogP contribution < -0.4 is 5.32 Å². The fraction of sp³-hybridized carbons (Fsp3) is 0.0833. The molecule has 0 unspecified atom stereocenters. The third-order valence-corrected chi connectivity index (χ3v) is 5.06. The standard InChI is InChI=1S/C12H7BrCl2FNOS/c1-5-2-9(19-11(5)13)12(18)17-10-7(14)3-6(16)4-8(10)15/h2-4H,1H3,(H,17,18). The molecule has 0 aliphatic carbocycles. The Morgan fingerprint density at radius 1 is 1.32 bits per heavy atom. The van der Waals surface area contributed by atoms with E-state index in [-0.39, 0.29) is 21.6 Å². The van der Waals surface area contributed by atoms with E-state index >= 15 is 0 Å². The Balaban J connectivity index is 2.29. The minimum atomic E-state index is -0.553. The van der Waals surface area contributed by atoms with Crippen molar-refractivity contribution < 1.29 is 9.18 Å². The number of carbonyl (C=O) groups is 1. The van der Waals surface area contributed by atoms with E-state index in [0.717, 1.165) is 21.5 Å². The Morgan fingerprint density at radius 2 is 1.89 bits per heavy atom. The Bertz CT molecular complexity index is 617. The van der Waals surface area contributed by atoms with E-state index in [4.69, 9.17) is 23.2 Å². The fourth-order valence-corrected chi connectivity index (χ4v) is 3.39. The van der Waals surface area contributed by atoms with Crippen molar-refractivity contribution in [3.8, 4) is 0 Å². The molecule has 1 heterocycles. The zero-order chi connectivity index (χ0) is 14.2. The largest absolute Gasteiger partial charge is 0.319 e. The van der Waals surface area contributed by atoms with Crippen LogP contribution in [0.1, 0.15) is 15.2 Å². The van der Waals surface area contributed by atoms with Crippen molar-refractivity contribution >= 4 is 62.1 Å². The molecule has 100 valence electrons. The molecule has 2 aromatic rings. The van der Waals surface area contributed by atoms with Gasteiger partial charge < -0.3 is 5.32 Å². The van der Waals surface area contributed by atoms with Gasteiger partial charge in [0.05, 0.1) is 24.4 Å². The summed E-state index contributed by atoms with van der Waals surface area (Å²) in [6, 6.07) is 3.94. The molecule has 1 amide bonds. The highest BCUT2D eigenvalue weighted by molar-refractivity contribution is 9.11. The van der Waals surface area contributed by atoms with Crippen LogP contribution in [-0.2, 0) is 0 Å². The van der Waals surface area contributed by atoms with Crippen molar-refractivity contribution in [3.63, 3.8) is 0 Å². The van der Waals surface area contributed by atoms with E-state index in [9.17, 15) is 9.18 Å². The molecule has 0 atom stereocenters. The molecule has 1 aromatic carbocycles. The lowest BCUT2D eigenvalue weighted by molar-refractivity contribution is 0.103. The van der Waals surface area contributed by atoms with Crippen molar-refractivity contribution in [2.45, 2.75) is 6.92 Å². The van der Waals surface area contributed by atoms with Gasteiger partial charge in [0.15, 0.2) is 0 Å². The van der Waals surface area contributed by atoms with E-state index < -0.39 is 5.82 Å². The van der Waals surface area contributed by atoms with Crippen LogP contribution in [0, 0.1) is 12.7 Å². The van der Waals surface area contributed by atoms with Crippen molar-refractivity contribution in [1.29, 1.82) is 0 Å². The molecule has 0 radical (unpaired) electrons. The number of nitrogens with one attached hydrogen (secondary N) is 1. The third kappa shape index (κ3) is 3.28. The van der Waals surface area contributed by atoms with Crippen LogP contribution in [0.25, 0.3) is 0 Å². The topological polar surface area (TPSA) is 29.1 Å². The number of hydrogen-bond acceptors (Lipinski definition) is 2. The Morgan fingerprint density at radius 3 is 2.37 bits per heavy atom. The highest BCUT2D eigenvalue weighted by atomic mass is 79.9. The summed E-state index contributed by atoms with van der Waals surface area (Å²) in [5.74, 6) is -0.892. The van der Waals surface area contributed by atoms with Gasteiger partial charge in [0.1, 0.15) is 5.82 Å². The molecule has 0 bridgehead atoms. The van der Waals surface area contributed by atoms with Gasteiger partial charge in [0.2, 0.25) is 0 Å². The third-order valence-electron chi connectivity index (χ3n) is 2.33. The monoisotopic (exact) mass is 381 g/mol. The van der Waals surface area contributed by atoms with Crippen LogP contribution in [0.5, 0.6) is 0 Å². The lowest BCUT2D eigenvalue weighted by atomic mass is 10.3. The van der Waals surface area contributed by atoms with E-state index in [1.54, 1.807) is 6.07 Å². The summed E-state index contributed by atoms with van der Waals surface area (Å²) in [5, 5.41) is 2.70. The highest BCUT2D eigenvalue weighted by Crippen LogP contribution is 2.33. The van der Waals surface area contributed by atoms with E-state index in [2.05, 4.69) is 21.2 Å². The van der Waals surface area contributed by atoms with Crippen molar-refractivity contribution in [2.75, 3.05) is 5.32 Å². The van der Waals surface area contributed by atoms with Gasteiger partial charge in [-0.15, -0.1) is 11.3 Å². The molecule has 19 heavy (non-hydrogen) atoms. The van der Waals surface area contributed by atoms with Gasteiger partial charge in [0.25, 0.3) is 5.91 Å². The molecule has 0 saturated carbocycles. The molecular formula is C12H7BrCl2FNOS. The van der Waals surface area contributed by atoms with E-state index in [1.165, 1.54) is 11.3 Å². The first kappa shape index (κ1) is 14.8. The minimum Gasteiger partial charge on any atom is -0.319 e. The first-order valence-corrected chi connectivity index (χ1v) is 7.47. The minimum absolute atomic E-state index is 0.0608. The number of benzene rings is 1. The number of hydrogen-bond donors (Lipinski definition) is 1. The Hall–Kier alpha value is -0.620. The summed E-state index contributed by atoms with van der Waals surface area (Å²) in [5.41, 5.74) is 1.17. The van der Waals surface area contributed by atoms with E-state index in [1.807, 2.05) is 6.92 Å². The van der Waals surface area contributed by atoms with Gasteiger partial charge >= 0.3 is 0 Å². The molecule has 0 spiro atoms. The second-order valence-corrected chi connectivity index (χ2v) is 6.95. The highest BCUT2D eigenvalue weighted by Gasteiger charge is 2.15. The number of anilines is 1. The molecular weight excluding hydrogens is 376 g/mol. The predicted octanol–water partition coefficient (Wildman–Crippen LogP) is 5.52. The molecule has 1 N–H and O–H groups in total. The quantitative estimate of drug-likeness (QED) is 0.728. The van der Waals surface area contributed by atoms with Crippen molar-refractivity contribution in [3.05, 3.63) is 48.3 Å². The average molecular weight is 383 g/mol. The van der Waals surface area contributed by atoms with Crippen LogP contribution in [0.4, 0.5) is 10.1 Å². The lowest BCUT2D eigenvalue weighted by Crippen LogP contribution is -2.11. The average Bonchev–Trinajstić information content (AvgIpc) is 2.64. The SMILES string of the molecule is Cc1cc(C(=O)Nc2c(Cl)cc(F)cc2Cl)sc1Br. The van der Waals surface area contributed by atoms with Crippen LogP contribution in [0.3, 0.4) is 0 Å². The second kappa shape index (κ2) is 5.79. The van der Waals surface area contributed by atoms with Gasteiger partial charge in [-0.25, -0.2) is 4.39 Å². The Kier molecular flexibility index (Phi) is 4.50. The maximum absolute atomic E-state index is 13.0. The molecule has 0 aliphatic heterocycles. The maximum atomic E-state index is 13.0. The van der Waals surface area contributed by atoms with Gasteiger partial charge in [0, 0.05) is 0 Å². The molecule has 1 aromatic heterocycles. The summed E-state index contributed by atoms with van der Waals surface area (Å²) in [6.07, 6.45) is 0. The zero-order valence-electron chi connectivity index (χ0n) is 9.56.